The molecule has 0 spiro atoms. The van der Waals surface area contributed by atoms with E-state index in [-0.39, 0.29) is 29.3 Å². The van der Waals surface area contributed by atoms with Crippen molar-refractivity contribution in [1.82, 2.24) is 9.80 Å². The maximum Gasteiger partial charge on any atom is 0.257 e. The van der Waals surface area contributed by atoms with Crippen molar-refractivity contribution in [3.05, 3.63) is 58.9 Å². The number of rotatable bonds is 6. The Balaban J connectivity index is 1.33. The summed E-state index contributed by atoms with van der Waals surface area (Å²) < 4.78 is 13.2. The fraction of sp³-hybridized carbons (Fsp3) is 0.348. The van der Waals surface area contributed by atoms with Crippen LogP contribution in [0.5, 0.6) is 0 Å². The molecular weight excluding hydrogens is 435 g/mol. The van der Waals surface area contributed by atoms with Crippen LogP contribution in [0.4, 0.5) is 15.8 Å². The summed E-state index contributed by atoms with van der Waals surface area (Å²) in [6.07, 6.45) is 1.95. The standard InChI is InChI=1S/C23H24ClFN4O3/c24-18-13-16(25)7-8-20(18)27-22(31)17-3-1-2-4-19(17)26-14-21(30)28-9-11-29(12-10-28)23(32)15-5-6-15/h1-4,7-8,13,15,26H,5-6,9-12,14H2,(H,27,31). The van der Waals surface area contributed by atoms with Gasteiger partial charge in [-0.1, -0.05) is 23.7 Å². The molecule has 32 heavy (non-hydrogen) atoms. The van der Waals surface area contributed by atoms with Gasteiger partial charge >= 0.3 is 0 Å². The van der Waals surface area contributed by atoms with Gasteiger partial charge in [0.05, 0.1) is 22.8 Å². The molecule has 2 aromatic rings. The Bertz CT molecular complexity index is 1040. The van der Waals surface area contributed by atoms with Gasteiger partial charge in [0.1, 0.15) is 5.82 Å². The van der Waals surface area contributed by atoms with E-state index in [4.69, 9.17) is 11.6 Å². The van der Waals surface area contributed by atoms with Crippen LogP contribution in [-0.2, 0) is 9.59 Å². The molecule has 2 N–H and O–H groups in total. The number of carbonyl (C=O) groups is 3. The third kappa shape index (κ3) is 5.19. The molecule has 3 amide bonds. The summed E-state index contributed by atoms with van der Waals surface area (Å²) in [6, 6.07) is 10.5. The summed E-state index contributed by atoms with van der Waals surface area (Å²) >= 11 is 6.00. The zero-order valence-electron chi connectivity index (χ0n) is 17.4. The van der Waals surface area contributed by atoms with E-state index in [1.807, 2.05) is 4.90 Å². The number of amides is 3. The number of nitrogens with zero attached hydrogens (tertiary/aromatic N) is 2. The highest BCUT2D eigenvalue weighted by Gasteiger charge is 2.35. The van der Waals surface area contributed by atoms with Gasteiger partial charge in [0.2, 0.25) is 11.8 Å². The van der Waals surface area contributed by atoms with E-state index >= 15 is 0 Å². The van der Waals surface area contributed by atoms with Crippen LogP contribution in [0.2, 0.25) is 5.02 Å². The maximum absolute atomic E-state index is 13.2. The van der Waals surface area contributed by atoms with Crippen LogP contribution in [0.25, 0.3) is 0 Å². The minimum Gasteiger partial charge on any atom is -0.376 e. The van der Waals surface area contributed by atoms with Crippen LogP contribution in [0.3, 0.4) is 0 Å². The molecule has 9 heteroatoms. The number of anilines is 2. The van der Waals surface area contributed by atoms with E-state index in [0.29, 0.717) is 43.1 Å². The highest BCUT2D eigenvalue weighted by atomic mass is 35.5. The first kappa shape index (κ1) is 22.1. The number of benzene rings is 2. The molecule has 0 aromatic heterocycles. The van der Waals surface area contributed by atoms with Crippen molar-refractivity contribution in [3.63, 3.8) is 0 Å². The van der Waals surface area contributed by atoms with E-state index in [1.54, 1.807) is 29.2 Å². The SMILES string of the molecule is O=C(Nc1ccc(F)cc1Cl)c1ccccc1NCC(=O)N1CCN(C(=O)C2CC2)CC1. The predicted octanol–water partition coefficient (Wildman–Crippen LogP) is 3.22. The zero-order chi connectivity index (χ0) is 22.7. The average Bonchev–Trinajstić information content (AvgIpc) is 3.64. The Kier molecular flexibility index (Phi) is 6.60. The predicted molar refractivity (Wildman–Crippen MR) is 120 cm³/mol. The fourth-order valence-electron chi connectivity index (χ4n) is 3.66. The van der Waals surface area contributed by atoms with Gasteiger partial charge < -0.3 is 20.4 Å². The smallest absolute Gasteiger partial charge is 0.257 e. The number of halogens is 2. The molecule has 0 atom stereocenters. The van der Waals surface area contributed by atoms with Crippen molar-refractivity contribution in [1.29, 1.82) is 0 Å². The Morgan fingerprint density at radius 3 is 2.34 bits per heavy atom. The maximum atomic E-state index is 13.2. The number of hydrogen-bond donors (Lipinski definition) is 2. The molecule has 1 saturated heterocycles. The van der Waals surface area contributed by atoms with Crippen molar-refractivity contribution in [2.45, 2.75) is 12.8 Å². The third-order valence-electron chi connectivity index (χ3n) is 5.65. The Morgan fingerprint density at radius 2 is 1.66 bits per heavy atom. The zero-order valence-corrected chi connectivity index (χ0v) is 18.2. The van der Waals surface area contributed by atoms with E-state index in [9.17, 15) is 18.8 Å². The van der Waals surface area contributed by atoms with E-state index in [1.165, 1.54) is 12.1 Å². The molecule has 1 heterocycles. The van der Waals surface area contributed by atoms with Gasteiger partial charge in [-0.15, -0.1) is 0 Å². The van der Waals surface area contributed by atoms with Crippen LogP contribution < -0.4 is 10.6 Å². The van der Waals surface area contributed by atoms with Gasteiger partial charge in [-0.05, 0) is 43.2 Å². The van der Waals surface area contributed by atoms with Gasteiger partial charge in [-0.3, -0.25) is 14.4 Å². The summed E-state index contributed by atoms with van der Waals surface area (Å²) in [5, 5.41) is 5.80. The summed E-state index contributed by atoms with van der Waals surface area (Å²) in [4.78, 5) is 41.1. The molecule has 2 aliphatic rings. The van der Waals surface area contributed by atoms with Crippen molar-refractivity contribution in [2.24, 2.45) is 5.92 Å². The molecule has 0 unspecified atom stereocenters. The molecule has 0 bridgehead atoms. The van der Waals surface area contributed by atoms with Gasteiger partial charge in [0.25, 0.3) is 5.91 Å². The second kappa shape index (κ2) is 9.56. The quantitative estimate of drug-likeness (QED) is 0.696. The molecule has 2 fully saturated rings. The summed E-state index contributed by atoms with van der Waals surface area (Å²) in [5.41, 5.74) is 1.13. The minimum absolute atomic E-state index is 0.0260. The topological polar surface area (TPSA) is 81.8 Å². The lowest BCUT2D eigenvalue weighted by atomic mass is 10.1. The lowest BCUT2D eigenvalue weighted by molar-refractivity contribution is -0.139. The number of piperazine rings is 1. The highest BCUT2D eigenvalue weighted by molar-refractivity contribution is 6.34. The van der Waals surface area contributed by atoms with Crippen LogP contribution in [0.1, 0.15) is 23.2 Å². The van der Waals surface area contributed by atoms with Gasteiger partial charge in [-0.2, -0.15) is 0 Å². The van der Waals surface area contributed by atoms with Crippen molar-refractivity contribution < 1.29 is 18.8 Å². The van der Waals surface area contributed by atoms with Crippen LogP contribution >= 0.6 is 11.6 Å². The molecule has 1 aliphatic heterocycles. The summed E-state index contributed by atoms with van der Waals surface area (Å²) in [7, 11) is 0. The van der Waals surface area contributed by atoms with E-state index in [0.717, 1.165) is 18.9 Å². The second-order valence-corrected chi connectivity index (χ2v) is 8.36. The molecule has 1 saturated carbocycles. The van der Waals surface area contributed by atoms with Crippen LogP contribution in [-0.4, -0.2) is 60.2 Å². The van der Waals surface area contributed by atoms with Crippen LogP contribution in [0.15, 0.2) is 42.5 Å². The van der Waals surface area contributed by atoms with Gasteiger partial charge in [-0.25, -0.2) is 4.39 Å². The van der Waals surface area contributed by atoms with Crippen molar-refractivity contribution in [3.8, 4) is 0 Å². The number of nitrogens with one attached hydrogen (secondary N) is 2. The third-order valence-corrected chi connectivity index (χ3v) is 5.96. The molecule has 168 valence electrons. The van der Waals surface area contributed by atoms with Crippen molar-refractivity contribution >= 4 is 40.7 Å². The first-order chi connectivity index (χ1) is 15.4. The second-order valence-electron chi connectivity index (χ2n) is 7.96. The van der Waals surface area contributed by atoms with E-state index in [2.05, 4.69) is 10.6 Å². The largest absolute Gasteiger partial charge is 0.376 e. The Hall–Kier alpha value is -3.13. The number of carbonyl (C=O) groups excluding carboxylic acids is 3. The molecule has 2 aromatic carbocycles. The Morgan fingerprint density at radius 1 is 0.969 bits per heavy atom. The number of hydrogen-bond acceptors (Lipinski definition) is 4. The molecule has 7 nitrogen and oxygen atoms in total. The minimum atomic E-state index is -0.494. The normalized spacial score (nSPS) is 15.9. The number of para-hydroxylation sites is 1. The molecule has 0 radical (unpaired) electrons. The monoisotopic (exact) mass is 458 g/mol. The molecule has 4 rings (SSSR count). The first-order valence-corrected chi connectivity index (χ1v) is 11.0. The van der Waals surface area contributed by atoms with Crippen LogP contribution in [0, 0.1) is 11.7 Å². The molecule has 1 aliphatic carbocycles. The summed E-state index contributed by atoms with van der Waals surface area (Å²) in [6.45, 7) is 2.14. The fourth-order valence-corrected chi connectivity index (χ4v) is 3.88. The molecular formula is C23H24ClFN4O3. The lowest BCUT2D eigenvalue weighted by Crippen LogP contribution is -2.52. The first-order valence-electron chi connectivity index (χ1n) is 10.6. The van der Waals surface area contributed by atoms with Gasteiger partial charge in [0, 0.05) is 37.8 Å². The Labute approximate surface area is 190 Å². The van der Waals surface area contributed by atoms with Gasteiger partial charge in [0.15, 0.2) is 0 Å². The summed E-state index contributed by atoms with van der Waals surface area (Å²) in [5.74, 6) is -0.629. The highest BCUT2D eigenvalue weighted by Crippen LogP contribution is 2.31. The average molecular weight is 459 g/mol. The van der Waals surface area contributed by atoms with Crippen molar-refractivity contribution in [2.75, 3.05) is 43.4 Å². The lowest BCUT2D eigenvalue weighted by Gasteiger charge is -2.35. The van der Waals surface area contributed by atoms with E-state index < -0.39 is 11.7 Å².